The number of likely N-dealkylation sites (N-methyl/N-ethyl adjacent to an activating group) is 1. The number of rotatable bonds is 1. The van der Waals surface area contributed by atoms with Crippen LogP contribution in [-0.2, 0) is 0 Å². The first-order valence-electron chi connectivity index (χ1n) is 3.69. The highest BCUT2D eigenvalue weighted by Crippen LogP contribution is 2.03. The average Bonchev–Trinajstić information content (AvgIpc) is 1.95. The molecule has 0 radical (unpaired) electrons. The SMILES string of the molecule is CC1CN(C=N)CCN1C. The van der Waals surface area contributed by atoms with Gasteiger partial charge in [0, 0.05) is 25.7 Å². The lowest BCUT2D eigenvalue weighted by Crippen LogP contribution is -2.49. The third kappa shape index (κ3) is 1.48. The zero-order valence-corrected chi connectivity index (χ0v) is 6.67. The first-order valence-corrected chi connectivity index (χ1v) is 3.69. The molecule has 0 aliphatic carbocycles. The zero-order chi connectivity index (χ0) is 7.56. The van der Waals surface area contributed by atoms with Crippen LogP contribution < -0.4 is 0 Å². The van der Waals surface area contributed by atoms with Crippen molar-refractivity contribution in [3.63, 3.8) is 0 Å². The van der Waals surface area contributed by atoms with Crippen LogP contribution in [0, 0.1) is 5.41 Å². The minimum Gasteiger partial charge on any atom is -0.360 e. The van der Waals surface area contributed by atoms with Gasteiger partial charge in [-0.1, -0.05) is 0 Å². The van der Waals surface area contributed by atoms with Crippen LogP contribution in [0.2, 0.25) is 0 Å². The molecular weight excluding hydrogens is 126 g/mol. The molecule has 1 atom stereocenters. The van der Waals surface area contributed by atoms with E-state index in [-0.39, 0.29) is 0 Å². The highest BCUT2D eigenvalue weighted by atomic mass is 15.3. The van der Waals surface area contributed by atoms with Gasteiger partial charge >= 0.3 is 0 Å². The minimum atomic E-state index is 0.593. The highest BCUT2D eigenvalue weighted by molar-refractivity contribution is 5.50. The lowest BCUT2D eigenvalue weighted by atomic mass is 10.2. The van der Waals surface area contributed by atoms with Crippen molar-refractivity contribution >= 4 is 6.34 Å². The Balaban J connectivity index is 2.40. The number of hydrogen-bond donors (Lipinski definition) is 1. The van der Waals surface area contributed by atoms with Crippen LogP contribution >= 0.6 is 0 Å². The molecular formula is C7H15N3. The Labute approximate surface area is 62.1 Å². The summed E-state index contributed by atoms with van der Waals surface area (Å²) in [5, 5.41) is 7.04. The molecule has 10 heavy (non-hydrogen) atoms. The van der Waals surface area contributed by atoms with E-state index in [0.29, 0.717) is 6.04 Å². The first-order chi connectivity index (χ1) is 4.74. The Hall–Kier alpha value is -0.570. The zero-order valence-electron chi connectivity index (χ0n) is 6.67. The number of nitrogens with one attached hydrogen (secondary N) is 1. The molecule has 1 N–H and O–H groups in total. The van der Waals surface area contributed by atoms with E-state index >= 15 is 0 Å². The van der Waals surface area contributed by atoms with Crippen LogP contribution in [-0.4, -0.2) is 48.9 Å². The summed E-state index contributed by atoms with van der Waals surface area (Å²) in [7, 11) is 2.13. The molecule has 1 rings (SSSR count). The molecule has 0 aromatic carbocycles. The first kappa shape index (κ1) is 7.54. The summed E-state index contributed by atoms with van der Waals surface area (Å²) in [5.74, 6) is 0. The molecule has 1 heterocycles. The summed E-state index contributed by atoms with van der Waals surface area (Å²) in [6.45, 7) is 5.27. The van der Waals surface area contributed by atoms with Gasteiger partial charge in [0.25, 0.3) is 0 Å². The normalized spacial score (nSPS) is 28.6. The maximum absolute atomic E-state index is 7.04. The van der Waals surface area contributed by atoms with Gasteiger partial charge in [-0.05, 0) is 14.0 Å². The summed E-state index contributed by atoms with van der Waals surface area (Å²) in [6.07, 6.45) is 1.43. The fraction of sp³-hybridized carbons (Fsp3) is 0.857. The van der Waals surface area contributed by atoms with Crippen molar-refractivity contribution in [1.29, 1.82) is 5.41 Å². The molecule has 0 spiro atoms. The van der Waals surface area contributed by atoms with Gasteiger partial charge in [0.2, 0.25) is 0 Å². The van der Waals surface area contributed by atoms with Crippen LogP contribution in [0.3, 0.4) is 0 Å². The molecule has 0 aromatic heterocycles. The fourth-order valence-corrected chi connectivity index (χ4v) is 1.19. The van der Waals surface area contributed by atoms with Gasteiger partial charge in [-0.2, -0.15) is 0 Å². The molecule has 0 bridgehead atoms. The summed E-state index contributed by atoms with van der Waals surface area (Å²) in [5.41, 5.74) is 0. The van der Waals surface area contributed by atoms with Gasteiger partial charge in [0.1, 0.15) is 0 Å². The smallest absolute Gasteiger partial charge is 0.0818 e. The fourth-order valence-electron chi connectivity index (χ4n) is 1.19. The molecule has 1 aliphatic heterocycles. The van der Waals surface area contributed by atoms with Crippen molar-refractivity contribution in [3.8, 4) is 0 Å². The van der Waals surface area contributed by atoms with Crippen molar-refractivity contribution in [2.24, 2.45) is 0 Å². The van der Waals surface area contributed by atoms with Crippen molar-refractivity contribution in [3.05, 3.63) is 0 Å². The molecule has 1 unspecified atom stereocenters. The highest BCUT2D eigenvalue weighted by Gasteiger charge is 2.17. The van der Waals surface area contributed by atoms with Gasteiger partial charge in [-0.25, -0.2) is 0 Å². The topological polar surface area (TPSA) is 30.3 Å². The van der Waals surface area contributed by atoms with E-state index in [2.05, 4.69) is 18.9 Å². The van der Waals surface area contributed by atoms with Gasteiger partial charge in [-0.15, -0.1) is 0 Å². The third-order valence-electron chi connectivity index (χ3n) is 2.17. The molecule has 58 valence electrons. The summed E-state index contributed by atoms with van der Waals surface area (Å²) < 4.78 is 0. The van der Waals surface area contributed by atoms with Crippen molar-refractivity contribution < 1.29 is 0 Å². The van der Waals surface area contributed by atoms with E-state index in [1.807, 2.05) is 4.90 Å². The Morgan fingerprint density at radius 1 is 1.50 bits per heavy atom. The van der Waals surface area contributed by atoms with E-state index in [1.165, 1.54) is 6.34 Å². The largest absolute Gasteiger partial charge is 0.360 e. The van der Waals surface area contributed by atoms with Crippen LogP contribution in [0.4, 0.5) is 0 Å². The standard InChI is InChI=1S/C7H15N3/c1-7-5-10(6-8)4-3-9(7)2/h6-8H,3-5H2,1-2H3. The molecule has 3 heteroatoms. The van der Waals surface area contributed by atoms with Gasteiger partial charge in [-0.3, -0.25) is 5.41 Å². The molecule has 1 saturated heterocycles. The molecule has 1 fully saturated rings. The van der Waals surface area contributed by atoms with Crippen LogP contribution in [0.1, 0.15) is 6.92 Å². The second-order valence-corrected chi connectivity index (χ2v) is 2.95. The number of piperazine rings is 1. The van der Waals surface area contributed by atoms with E-state index in [1.54, 1.807) is 0 Å². The van der Waals surface area contributed by atoms with Crippen molar-refractivity contribution in [1.82, 2.24) is 9.80 Å². The summed E-state index contributed by atoms with van der Waals surface area (Å²) in [6, 6.07) is 0.593. The number of hydrogen-bond acceptors (Lipinski definition) is 2. The van der Waals surface area contributed by atoms with Crippen molar-refractivity contribution in [2.75, 3.05) is 26.7 Å². The minimum absolute atomic E-state index is 0.593. The average molecular weight is 141 g/mol. The summed E-state index contributed by atoms with van der Waals surface area (Å²) >= 11 is 0. The lowest BCUT2D eigenvalue weighted by Gasteiger charge is -2.36. The van der Waals surface area contributed by atoms with Gasteiger partial charge < -0.3 is 9.80 Å². The Morgan fingerprint density at radius 2 is 2.20 bits per heavy atom. The second-order valence-electron chi connectivity index (χ2n) is 2.95. The molecule has 0 amide bonds. The van der Waals surface area contributed by atoms with E-state index in [4.69, 9.17) is 5.41 Å². The van der Waals surface area contributed by atoms with Gasteiger partial charge in [0.05, 0.1) is 6.34 Å². The molecule has 3 nitrogen and oxygen atoms in total. The number of nitrogens with zero attached hydrogens (tertiary/aromatic N) is 2. The van der Waals surface area contributed by atoms with E-state index in [9.17, 15) is 0 Å². The van der Waals surface area contributed by atoms with Gasteiger partial charge in [0.15, 0.2) is 0 Å². The Morgan fingerprint density at radius 3 is 2.70 bits per heavy atom. The van der Waals surface area contributed by atoms with Crippen LogP contribution in [0.5, 0.6) is 0 Å². The predicted octanol–water partition coefficient (Wildman–Crippen LogP) is 0.229. The molecule has 0 saturated carbocycles. The maximum atomic E-state index is 7.04. The third-order valence-corrected chi connectivity index (χ3v) is 2.17. The predicted molar refractivity (Wildman–Crippen MR) is 42.4 cm³/mol. The lowest BCUT2D eigenvalue weighted by molar-refractivity contribution is 0.155. The van der Waals surface area contributed by atoms with Crippen molar-refractivity contribution in [2.45, 2.75) is 13.0 Å². The second kappa shape index (κ2) is 3.01. The van der Waals surface area contributed by atoms with Crippen LogP contribution in [0.15, 0.2) is 0 Å². The summed E-state index contributed by atoms with van der Waals surface area (Å²) in [4.78, 5) is 4.37. The Bertz CT molecular complexity index is 124. The van der Waals surface area contributed by atoms with Crippen LogP contribution in [0.25, 0.3) is 0 Å². The van der Waals surface area contributed by atoms with E-state index in [0.717, 1.165) is 19.6 Å². The quantitative estimate of drug-likeness (QED) is 0.418. The monoisotopic (exact) mass is 141 g/mol. The molecule has 1 aliphatic rings. The maximum Gasteiger partial charge on any atom is 0.0818 e. The Kier molecular flexibility index (Phi) is 2.27. The van der Waals surface area contributed by atoms with E-state index < -0.39 is 0 Å². The molecule has 0 aromatic rings.